The minimum Gasteiger partial charge on any atom is -0.493 e. The highest BCUT2D eigenvalue weighted by atomic mass is 16.5. The lowest BCUT2D eigenvalue weighted by Gasteiger charge is -2.11. The summed E-state index contributed by atoms with van der Waals surface area (Å²) in [6.45, 7) is 4.92. The first-order valence-electron chi connectivity index (χ1n) is 7.23. The van der Waals surface area contributed by atoms with Crippen molar-refractivity contribution in [2.75, 3.05) is 6.61 Å². The lowest BCUT2D eigenvalue weighted by Crippen LogP contribution is -2.13. The summed E-state index contributed by atoms with van der Waals surface area (Å²) in [5, 5.41) is 7.56. The van der Waals surface area contributed by atoms with Crippen LogP contribution >= 0.6 is 0 Å². The van der Waals surface area contributed by atoms with E-state index in [4.69, 9.17) is 15.9 Å². The Labute approximate surface area is 116 Å². The number of aryl methyl sites for hydroxylation is 1. The van der Waals surface area contributed by atoms with Gasteiger partial charge in [-0.3, -0.25) is 5.41 Å². The number of nitrogens with one attached hydrogen (secondary N) is 1. The molecule has 0 aliphatic carbocycles. The summed E-state index contributed by atoms with van der Waals surface area (Å²) in [7, 11) is 0. The van der Waals surface area contributed by atoms with Crippen molar-refractivity contribution < 1.29 is 4.74 Å². The number of unbranched alkanes of at least 4 members (excludes halogenated alkanes) is 5. The van der Waals surface area contributed by atoms with E-state index in [1.54, 1.807) is 0 Å². The number of benzene rings is 1. The number of rotatable bonds is 9. The maximum Gasteiger partial charge on any atom is 0.130 e. The molecule has 0 unspecified atom stereocenters. The molecule has 19 heavy (non-hydrogen) atoms. The Bertz CT molecular complexity index is 402. The molecule has 0 saturated carbocycles. The minimum absolute atomic E-state index is 0.0710. The summed E-state index contributed by atoms with van der Waals surface area (Å²) in [5.41, 5.74) is 7.37. The molecule has 0 fully saturated rings. The van der Waals surface area contributed by atoms with E-state index >= 15 is 0 Å². The monoisotopic (exact) mass is 262 g/mol. The van der Waals surface area contributed by atoms with E-state index in [0.29, 0.717) is 12.2 Å². The van der Waals surface area contributed by atoms with Crippen molar-refractivity contribution in [3.8, 4) is 5.75 Å². The highest BCUT2D eigenvalue weighted by molar-refractivity contribution is 5.97. The van der Waals surface area contributed by atoms with Crippen LogP contribution in [0.1, 0.15) is 56.6 Å². The second kappa shape index (κ2) is 8.57. The molecule has 0 saturated heterocycles. The van der Waals surface area contributed by atoms with Crippen LogP contribution in [0.25, 0.3) is 0 Å². The maximum absolute atomic E-state index is 7.56. The zero-order valence-corrected chi connectivity index (χ0v) is 12.2. The third-order valence-electron chi connectivity index (χ3n) is 3.18. The van der Waals surface area contributed by atoms with E-state index in [9.17, 15) is 0 Å². The normalized spacial score (nSPS) is 10.4. The largest absolute Gasteiger partial charge is 0.493 e. The van der Waals surface area contributed by atoms with Gasteiger partial charge in [-0.25, -0.2) is 0 Å². The van der Waals surface area contributed by atoms with Gasteiger partial charge in [-0.2, -0.15) is 0 Å². The van der Waals surface area contributed by atoms with Crippen LogP contribution in [0.3, 0.4) is 0 Å². The zero-order valence-electron chi connectivity index (χ0n) is 12.2. The number of amidine groups is 1. The molecule has 0 aliphatic heterocycles. The first-order chi connectivity index (χ1) is 9.15. The summed E-state index contributed by atoms with van der Waals surface area (Å²) < 4.78 is 5.74. The molecule has 0 bridgehead atoms. The van der Waals surface area contributed by atoms with Gasteiger partial charge < -0.3 is 10.5 Å². The lowest BCUT2D eigenvalue weighted by atomic mass is 10.1. The molecular formula is C16H26N2O. The summed E-state index contributed by atoms with van der Waals surface area (Å²) >= 11 is 0. The lowest BCUT2D eigenvalue weighted by molar-refractivity contribution is 0.304. The van der Waals surface area contributed by atoms with Crippen molar-refractivity contribution in [1.29, 1.82) is 5.41 Å². The van der Waals surface area contributed by atoms with Crippen LogP contribution in [0.15, 0.2) is 18.2 Å². The quantitative estimate of drug-likeness (QED) is 0.401. The fraction of sp³-hybridized carbons (Fsp3) is 0.562. The Kier molecular flexibility index (Phi) is 7.01. The van der Waals surface area contributed by atoms with Gasteiger partial charge in [-0.1, -0.05) is 50.7 Å². The van der Waals surface area contributed by atoms with Crippen molar-refractivity contribution >= 4 is 5.84 Å². The van der Waals surface area contributed by atoms with Crippen molar-refractivity contribution in [2.24, 2.45) is 5.73 Å². The Morgan fingerprint density at radius 3 is 2.53 bits per heavy atom. The fourth-order valence-electron chi connectivity index (χ4n) is 2.04. The molecule has 1 rings (SSSR count). The maximum atomic E-state index is 7.56. The van der Waals surface area contributed by atoms with Crippen LogP contribution < -0.4 is 10.5 Å². The second-order valence-corrected chi connectivity index (χ2v) is 5.03. The molecule has 0 aromatic heterocycles. The van der Waals surface area contributed by atoms with Gasteiger partial charge in [0.1, 0.15) is 11.6 Å². The Morgan fingerprint density at radius 1 is 1.16 bits per heavy atom. The number of nitrogens with two attached hydrogens (primary N) is 1. The molecule has 3 N–H and O–H groups in total. The SMILES string of the molecule is CCCCCCCCOc1ccc(C)cc1C(=N)N. The smallest absolute Gasteiger partial charge is 0.130 e. The molecular weight excluding hydrogens is 236 g/mol. The van der Waals surface area contributed by atoms with E-state index < -0.39 is 0 Å². The van der Waals surface area contributed by atoms with Crippen LogP contribution in [0.2, 0.25) is 0 Å². The fourth-order valence-corrected chi connectivity index (χ4v) is 2.04. The zero-order chi connectivity index (χ0) is 14.1. The van der Waals surface area contributed by atoms with Gasteiger partial charge in [-0.05, 0) is 25.5 Å². The van der Waals surface area contributed by atoms with Crippen LogP contribution in [0.5, 0.6) is 5.75 Å². The molecule has 0 aliphatic rings. The molecule has 1 aromatic carbocycles. The van der Waals surface area contributed by atoms with E-state index in [1.807, 2.05) is 25.1 Å². The molecule has 106 valence electrons. The van der Waals surface area contributed by atoms with Gasteiger partial charge >= 0.3 is 0 Å². The number of nitrogen functional groups attached to an aromatic ring is 1. The van der Waals surface area contributed by atoms with Crippen molar-refractivity contribution in [2.45, 2.75) is 52.4 Å². The van der Waals surface area contributed by atoms with Crippen LogP contribution in [-0.4, -0.2) is 12.4 Å². The topological polar surface area (TPSA) is 59.1 Å². The molecule has 3 heteroatoms. The third kappa shape index (κ3) is 5.77. The Hall–Kier alpha value is -1.51. The minimum atomic E-state index is 0.0710. The Balaban J connectivity index is 2.35. The molecule has 0 radical (unpaired) electrons. The summed E-state index contributed by atoms with van der Waals surface area (Å²) in [6.07, 6.45) is 7.48. The number of hydrogen-bond acceptors (Lipinski definition) is 2. The third-order valence-corrected chi connectivity index (χ3v) is 3.18. The van der Waals surface area contributed by atoms with Crippen LogP contribution in [-0.2, 0) is 0 Å². The summed E-state index contributed by atoms with van der Waals surface area (Å²) in [4.78, 5) is 0. The van der Waals surface area contributed by atoms with Crippen LogP contribution in [0.4, 0.5) is 0 Å². The predicted molar refractivity (Wildman–Crippen MR) is 81.1 cm³/mol. The van der Waals surface area contributed by atoms with Gasteiger partial charge in [-0.15, -0.1) is 0 Å². The van der Waals surface area contributed by atoms with E-state index in [2.05, 4.69) is 6.92 Å². The van der Waals surface area contributed by atoms with E-state index in [1.165, 1.54) is 32.1 Å². The van der Waals surface area contributed by atoms with Gasteiger partial charge in [0.2, 0.25) is 0 Å². The van der Waals surface area contributed by atoms with Crippen molar-refractivity contribution in [3.05, 3.63) is 29.3 Å². The Morgan fingerprint density at radius 2 is 1.84 bits per heavy atom. The van der Waals surface area contributed by atoms with Gasteiger partial charge in [0.25, 0.3) is 0 Å². The average Bonchev–Trinajstić information content (AvgIpc) is 2.39. The highest BCUT2D eigenvalue weighted by Crippen LogP contribution is 2.20. The standard InChI is InChI=1S/C16H26N2O/c1-3-4-5-6-7-8-11-19-15-10-9-13(2)12-14(15)16(17)18/h9-10,12H,3-8,11H2,1-2H3,(H3,17,18). The summed E-state index contributed by atoms with van der Waals surface area (Å²) in [5.74, 6) is 0.799. The number of hydrogen-bond donors (Lipinski definition) is 2. The molecule has 0 spiro atoms. The molecule has 0 heterocycles. The first kappa shape index (κ1) is 15.5. The predicted octanol–water partition coefficient (Wildman–Crippen LogP) is 4.02. The molecule has 0 amide bonds. The highest BCUT2D eigenvalue weighted by Gasteiger charge is 2.06. The first-order valence-corrected chi connectivity index (χ1v) is 7.23. The van der Waals surface area contributed by atoms with Crippen molar-refractivity contribution in [1.82, 2.24) is 0 Å². The van der Waals surface area contributed by atoms with Gasteiger partial charge in [0.15, 0.2) is 0 Å². The molecule has 0 atom stereocenters. The van der Waals surface area contributed by atoms with Crippen LogP contribution in [0, 0.1) is 12.3 Å². The van der Waals surface area contributed by atoms with Crippen molar-refractivity contribution in [3.63, 3.8) is 0 Å². The second-order valence-electron chi connectivity index (χ2n) is 5.03. The average molecular weight is 262 g/mol. The summed E-state index contributed by atoms with van der Waals surface area (Å²) in [6, 6.07) is 5.80. The number of ether oxygens (including phenoxy) is 1. The van der Waals surface area contributed by atoms with Gasteiger partial charge in [0.05, 0.1) is 12.2 Å². The molecule has 1 aromatic rings. The van der Waals surface area contributed by atoms with E-state index in [0.717, 1.165) is 17.7 Å². The molecule has 3 nitrogen and oxygen atoms in total. The van der Waals surface area contributed by atoms with Gasteiger partial charge in [0, 0.05) is 0 Å². The van der Waals surface area contributed by atoms with E-state index in [-0.39, 0.29) is 5.84 Å².